The molecular formula is C14H24N2O4S. The summed E-state index contributed by atoms with van der Waals surface area (Å²) >= 11 is 0. The molecule has 0 spiro atoms. The van der Waals surface area contributed by atoms with Crippen molar-refractivity contribution >= 4 is 10.0 Å². The van der Waals surface area contributed by atoms with Crippen molar-refractivity contribution < 1.29 is 17.6 Å². The van der Waals surface area contributed by atoms with Crippen LogP contribution >= 0.6 is 0 Å². The second-order valence-corrected chi connectivity index (χ2v) is 6.94. The van der Waals surface area contributed by atoms with Gasteiger partial charge in [-0.25, -0.2) is 13.1 Å². The quantitative estimate of drug-likeness (QED) is 0.607. The van der Waals surface area contributed by atoms with Gasteiger partial charge in [0.15, 0.2) is 0 Å². The molecule has 0 radical (unpaired) electrons. The molecule has 1 aromatic rings. The normalized spacial score (nSPS) is 15.5. The molecular weight excluding hydrogens is 292 g/mol. The molecule has 1 saturated carbocycles. The highest BCUT2D eigenvalue weighted by atomic mass is 32.2. The Morgan fingerprint density at radius 3 is 2.86 bits per heavy atom. The van der Waals surface area contributed by atoms with Gasteiger partial charge in [-0.3, -0.25) is 0 Å². The molecule has 2 rings (SSSR count). The molecule has 0 amide bonds. The first-order chi connectivity index (χ1) is 10.1. The van der Waals surface area contributed by atoms with Crippen molar-refractivity contribution in [3.05, 3.63) is 17.9 Å². The molecule has 1 fully saturated rings. The van der Waals surface area contributed by atoms with Gasteiger partial charge < -0.3 is 14.5 Å². The maximum absolute atomic E-state index is 12.0. The molecule has 1 heterocycles. The van der Waals surface area contributed by atoms with E-state index in [1.165, 1.54) is 18.9 Å². The Bertz CT molecular complexity index is 523. The van der Waals surface area contributed by atoms with Gasteiger partial charge in [-0.2, -0.15) is 0 Å². The summed E-state index contributed by atoms with van der Waals surface area (Å²) in [5.41, 5.74) is 0. The maximum Gasteiger partial charge on any atom is 0.273 e. The minimum atomic E-state index is -3.56. The lowest BCUT2D eigenvalue weighted by molar-refractivity contribution is 0.133. The molecule has 120 valence electrons. The first kappa shape index (κ1) is 16.5. The van der Waals surface area contributed by atoms with Crippen LogP contribution in [-0.4, -0.2) is 34.2 Å². The molecule has 6 nitrogen and oxygen atoms in total. The number of ether oxygens (including phenoxy) is 1. The van der Waals surface area contributed by atoms with Gasteiger partial charge in [0.2, 0.25) is 5.09 Å². The molecule has 0 bridgehead atoms. The van der Waals surface area contributed by atoms with Crippen molar-refractivity contribution in [2.45, 2.75) is 50.3 Å². The topological polar surface area (TPSA) is 80.6 Å². The average Bonchev–Trinajstić information content (AvgIpc) is 3.16. The molecule has 21 heavy (non-hydrogen) atoms. The predicted octanol–water partition coefficient (Wildman–Crippen LogP) is 1.63. The van der Waals surface area contributed by atoms with Crippen molar-refractivity contribution in [2.75, 3.05) is 19.8 Å². The van der Waals surface area contributed by atoms with E-state index in [1.54, 1.807) is 6.07 Å². The van der Waals surface area contributed by atoms with Gasteiger partial charge in [0.1, 0.15) is 5.76 Å². The van der Waals surface area contributed by atoms with Crippen molar-refractivity contribution in [3.8, 4) is 0 Å². The fourth-order valence-corrected chi connectivity index (χ4v) is 2.85. The van der Waals surface area contributed by atoms with Crippen LogP contribution < -0.4 is 10.0 Å². The van der Waals surface area contributed by atoms with E-state index in [9.17, 15) is 8.42 Å². The fourth-order valence-electron chi connectivity index (χ4n) is 1.83. The molecule has 1 aliphatic carbocycles. The predicted molar refractivity (Wildman–Crippen MR) is 79.5 cm³/mol. The van der Waals surface area contributed by atoms with Crippen LogP contribution in [0.5, 0.6) is 0 Å². The van der Waals surface area contributed by atoms with Crippen LogP contribution in [0, 0.1) is 0 Å². The molecule has 0 aromatic carbocycles. The zero-order valence-electron chi connectivity index (χ0n) is 12.4. The lowest BCUT2D eigenvalue weighted by atomic mass is 10.4. The van der Waals surface area contributed by atoms with Crippen molar-refractivity contribution in [1.82, 2.24) is 10.0 Å². The Labute approximate surface area is 126 Å². The second kappa shape index (κ2) is 7.93. The number of rotatable bonds is 11. The Balaban J connectivity index is 1.73. The maximum atomic E-state index is 12.0. The van der Waals surface area contributed by atoms with E-state index >= 15 is 0 Å². The van der Waals surface area contributed by atoms with Gasteiger partial charge in [-0.05, 0) is 37.8 Å². The van der Waals surface area contributed by atoms with Crippen LogP contribution in [0.2, 0.25) is 0 Å². The van der Waals surface area contributed by atoms with Gasteiger partial charge in [-0.15, -0.1) is 0 Å². The average molecular weight is 316 g/mol. The first-order valence-electron chi connectivity index (χ1n) is 7.51. The summed E-state index contributed by atoms with van der Waals surface area (Å²) in [6.45, 7) is 4.23. The number of sulfonamides is 1. The largest absolute Gasteiger partial charge is 0.447 e. The summed E-state index contributed by atoms with van der Waals surface area (Å²) in [5.74, 6) is 0.647. The number of nitrogens with one attached hydrogen (secondary N) is 2. The summed E-state index contributed by atoms with van der Waals surface area (Å²) in [5, 5.41) is 3.26. The molecule has 2 N–H and O–H groups in total. The Morgan fingerprint density at radius 2 is 2.14 bits per heavy atom. The number of hydrogen-bond donors (Lipinski definition) is 2. The van der Waals surface area contributed by atoms with Crippen LogP contribution in [0.1, 0.15) is 38.4 Å². The molecule has 1 aliphatic rings. The van der Waals surface area contributed by atoms with Gasteiger partial charge in [0, 0.05) is 25.8 Å². The van der Waals surface area contributed by atoms with Crippen LogP contribution in [0.4, 0.5) is 0 Å². The molecule has 0 unspecified atom stereocenters. The third-order valence-electron chi connectivity index (χ3n) is 3.15. The Kier molecular flexibility index (Phi) is 6.22. The third kappa shape index (κ3) is 5.78. The summed E-state index contributed by atoms with van der Waals surface area (Å²) < 4.78 is 37.2. The molecule has 7 heteroatoms. The standard InChI is InChI=1S/C14H24N2O4S/c1-2-9-19-10-3-8-16-21(17,18)14-7-6-13(20-14)11-15-12-4-5-12/h6-7,12,15-16H,2-5,8-11H2,1H3. The van der Waals surface area contributed by atoms with Crippen LogP contribution in [-0.2, 0) is 21.3 Å². The van der Waals surface area contributed by atoms with E-state index in [2.05, 4.69) is 10.0 Å². The minimum absolute atomic E-state index is 0.0235. The molecule has 0 saturated heterocycles. The van der Waals surface area contributed by atoms with Crippen molar-refractivity contribution in [1.29, 1.82) is 0 Å². The molecule has 1 aromatic heterocycles. The highest BCUT2D eigenvalue weighted by Crippen LogP contribution is 2.20. The SMILES string of the molecule is CCCOCCCNS(=O)(=O)c1ccc(CNC2CC2)o1. The summed E-state index contributed by atoms with van der Waals surface area (Å²) in [6.07, 6.45) is 3.99. The Hall–Kier alpha value is -0.890. The summed E-state index contributed by atoms with van der Waals surface area (Å²) in [4.78, 5) is 0. The molecule has 0 atom stereocenters. The van der Waals surface area contributed by atoms with Gasteiger partial charge in [0.05, 0.1) is 6.54 Å². The van der Waals surface area contributed by atoms with E-state index in [0.717, 1.165) is 6.42 Å². The van der Waals surface area contributed by atoms with E-state index in [0.29, 0.717) is 44.5 Å². The summed E-state index contributed by atoms with van der Waals surface area (Å²) in [6, 6.07) is 3.77. The first-order valence-corrected chi connectivity index (χ1v) is 8.99. The highest BCUT2D eigenvalue weighted by Gasteiger charge is 2.22. The molecule has 0 aliphatic heterocycles. The zero-order valence-corrected chi connectivity index (χ0v) is 13.2. The van der Waals surface area contributed by atoms with Crippen LogP contribution in [0.3, 0.4) is 0 Å². The second-order valence-electron chi connectivity index (χ2n) is 5.24. The lowest BCUT2D eigenvalue weighted by Crippen LogP contribution is -2.25. The van der Waals surface area contributed by atoms with Crippen molar-refractivity contribution in [2.24, 2.45) is 0 Å². The van der Waals surface area contributed by atoms with E-state index in [1.807, 2.05) is 6.92 Å². The third-order valence-corrected chi connectivity index (χ3v) is 4.48. The minimum Gasteiger partial charge on any atom is -0.447 e. The van der Waals surface area contributed by atoms with Gasteiger partial charge in [-0.1, -0.05) is 6.92 Å². The number of hydrogen-bond acceptors (Lipinski definition) is 5. The van der Waals surface area contributed by atoms with E-state index in [-0.39, 0.29) is 5.09 Å². The van der Waals surface area contributed by atoms with Gasteiger partial charge in [0.25, 0.3) is 10.0 Å². The monoisotopic (exact) mass is 316 g/mol. The van der Waals surface area contributed by atoms with Crippen LogP contribution in [0.25, 0.3) is 0 Å². The fraction of sp³-hybridized carbons (Fsp3) is 0.714. The van der Waals surface area contributed by atoms with Crippen molar-refractivity contribution in [3.63, 3.8) is 0 Å². The van der Waals surface area contributed by atoms with Crippen LogP contribution in [0.15, 0.2) is 21.6 Å². The zero-order chi connectivity index (χ0) is 15.1. The van der Waals surface area contributed by atoms with E-state index in [4.69, 9.17) is 9.15 Å². The van der Waals surface area contributed by atoms with E-state index < -0.39 is 10.0 Å². The number of furan rings is 1. The smallest absolute Gasteiger partial charge is 0.273 e. The van der Waals surface area contributed by atoms with Gasteiger partial charge >= 0.3 is 0 Å². The Morgan fingerprint density at radius 1 is 1.33 bits per heavy atom. The highest BCUT2D eigenvalue weighted by molar-refractivity contribution is 7.89. The summed E-state index contributed by atoms with van der Waals surface area (Å²) in [7, 11) is -3.56. The lowest BCUT2D eigenvalue weighted by Gasteiger charge is -2.05.